The quantitative estimate of drug-likeness (QED) is 0.174. The third-order valence-electron chi connectivity index (χ3n) is 6.27. The number of rotatable bonds is 6. The summed E-state index contributed by atoms with van der Waals surface area (Å²) in [5.74, 6) is 0.639. The minimum absolute atomic E-state index is 0.0397. The molecular formula is C27H25N5O2S. The lowest BCUT2D eigenvalue weighted by molar-refractivity contribution is -0.384. The number of benzene rings is 2. The number of nitrogens with zero attached hydrogens (tertiary/aromatic N) is 5. The number of hydrogen-bond acceptors (Lipinski definition) is 6. The molecule has 0 unspecified atom stereocenters. The van der Waals surface area contributed by atoms with Crippen LogP contribution in [0.3, 0.4) is 0 Å². The molecule has 176 valence electrons. The van der Waals surface area contributed by atoms with Crippen molar-refractivity contribution >= 4 is 28.9 Å². The number of thiazole rings is 1. The van der Waals surface area contributed by atoms with Crippen molar-refractivity contribution in [1.29, 1.82) is 0 Å². The Morgan fingerprint density at radius 3 is 2.57 bits per heavy atom. The van der Waals surface area contributed by atoms with Gasteiger partial charge in [-0.05, 0) is 36.5 Å². The van der Waals surface area contributed by atoms with Gasteiger partial charge in [0, 0.05) is 35.0 Å². The van der Waals surface area contributed by atoms with Crippen LogP contribution in [-0.4, -0.2) is 20.8 Å². The van der Waals surface area contributed by atoms with E-state index in [0.717, 1.165) is 16.8 Å². The van der Waals surface area contributed by atoms with Crippen LogP contribution in [0, 0.1) is 10.1 Å². The Morgan fingerprint density at radius 1 is 1.03 bits per heavy atom. The lowest BCUT2D eigenvalue weighted by Gasteiger charge is -2.22. The molecule has 0 N–H and O–H groups in total. The van der Waals surface area contributed by atoms with Gasteiger partial charge in [0.25, 0.3) is 5.69 Å². The van der Waals surface area contributed by atoms with E-state index in [1.165, 1.54) is 55.1 Å². The molecule has 0 aliphatic heterocycles. The van der Waals surface area contributed by atoms with Crippen molar-refractivity contribution < 1.29 is 4.92 Å². The summed E-state index contributed by atoms with van der Waals surface area (Å²) in [6.45, 7) is 0. The number of pyridine rings is 1. The molecule has 1 saturated carbocycles. The number of para-hydroxylation sites is 2. The summed E-state index contributed by atoms with van der Waals surface area (Å²) in [6.07, 6.45) is 11.6. The van der Waals surface area contributed by atoms with Crippen LogP contribution in [0.15, 0.2) is 88.5 Å². The Hall–Kier alpha value is -3.91. The van der Waals surface area contributed by atoms with Crippen LogP contribution in [0.25, 0.3) is 11.3 Å². The van der Waals surface area contributed by atoms with Gasteiger partial charge in [-0.2, -0.15) is 5.10 Å². The number of hydrogen-bond donors (Lipinski definition) is 0. The Balaban J connectivity index is 1.57. The topological polar surface area (TPSA) is 85.7 Å². The van der Waals surface area contributed by atoms with E-state index in [2.05, 4.69) is 34.2 Å². The molecule has 0 radical (unpaired) electrons. The van der Waals surface area contributed by atoms with Crippen molar-refractivity contribution in [2.45, 2.75) is 38.0 Å². The highest BCUT2D eigenvalue weighted by atomic mass is 32.1. The third-order valence-corrected chi connectivity index (χ3v) is 7.09. The van der Waals surface area contributed by atoms with Crippen LogP contribution >= 0.6 is 11.3 Å². The Bertz CT molecular complexity index is 1400. The maximum atomic E-state index is 11.5. The average Bonchev–Trinajstić information content (AvgIpc) is 3.31. The monoisotopic (exact) mass is 483 g/mol. The molecule has 2 aromatic heterocycles. The smallest absolute Gasteiger partial charge is 0.264 e. The van der Waals surface area contributed by atoms with E-state index in [4.69, 9.17) is 5.10 Å². The van der Waals surface area contributed by atoms with Gasteiger partial charge in [-0.1, -0.05) is 61.7 Å². The van der Waals surface area contributed by atoms with E-state index in [1.54, 1.807) is 41.5 Å². The highest BCUT2D eigenvalue weighted by molar-refractivity contribution is 7.07. The fourth-order valence-electron chi connectivity index (χ4n) is 4.44. The Morgan fingerprint density at radius 2 is 1.83 bits per heavy atom. The minimum Gasteiger partial charge on any atom is -0.264 e. The molecule has 5 rings (SSSR count). The van der Waals surface area contributed by atoms with Gasteiger partial charge in [-0.3, -0.25) is 15.1 Å². The Kier molecular flexibility index (Phi) is 6.90. The molecule has 0 amide bonds. The molecular weight excluding hydrogens is 458 g/mol. The molecule has 0 bridgehead atoms. The summed E-state index contributed by atoms with van der Waals surface area (Å²) in [5, 5.41) is 18.2. The van der Waals surface area contributed by atoms with Gasteiger partial charge >= 0.3 is 0 Å². The van der Waals surface area contributed by atoms with Crippen LogP contribution in [-0.2, 0) is 0 Å². The second kappa shape index (κ2) is 10.6. The second-order valence-corrected chi connectivity index (χ2v) is 9.40. The largest absolute Gasteiger partial charge is 0.294 e. The van der Waals surface area contributed by atoms with Crippen molar-refractivity contribution in [3.05, 3.63) is 104 Å². The predicted octanol–water partition coefficient (Wildman–Crippen LogP) is 6.68. The summed E-state index contributed by atoms with van der Waals surface area (Å²) in [5.41, 5.74) is 4.39. The first kappa shape index (κ1) is 22.9. The third kappa shape index (κ3) is 5.27. The summed E-state index contributed by atoms with van der Waals surface area (Å²) in [6, 6.07) is 19.0. The summed E-state index contributed by atoms with van der Waals surface area (Å²) in [4.78, 5) is 20.4. The molecule has 0 atom stereocenters. The van der Waals surface area contributed by atoms with E-state index < -0.39 is 4.92 Å². The molecule has 1 aliphatic rings. The fraction of sp³-hybridized carbons (Fsp3) is 0.222. The minimum atomic E-state index is -0.416. The standard InChI is InChI=1S/C27H25N5O2S/c33-32(34)25-11-5-4-10-24(25)30-27-31(29-18-20-7-6-16-28-17-20)26(19-35-27)23-14-12-22(13-15-23)21-8-2-1-3-9-21/h4-7,10-19,21H,1-3,8-9H2. The van der Waals surface area contributed by atoms with E-state index >= 15 is 0 Å². The lowest BCUT2D eigenvalue weighted by atomic mass is 9.84. The fourth-order valence-corrected chi connectivity index (χ4v) is 5.29. The van der Waals surface area contributed by atoms with E-state index in [9.17, 15) is 10.1 Å². The SMILES string of the molecule is O=[N+]([O-])c1ccccc1N=c1scc(-c2ccc(C3CCCCC3)cc2)n1N=Cc1cccnc1. The Labute approximate surface area is 207 Å². The van der Waals surface area contributed by atoms with Crippen molar-refractivity contribution in [1.82, 2.24) is 9.66 Å². The number of nitro benzene ring substituents is 1. The van der Waals surface area contributed by atoms with Crippen LogP contribution in [0.5, 0.6) is 0 Å². The van der Waals surface area contributed by atoms with Crippen molar-refractivity contribution in [2.75, 3.05) is 0 Å². The number of nitro groups is 1. The van der Waals surface area contributed by atoms with Gasteiger partial charge in [0.2, 0.25) is 4.80 Å². The van der Waals surface area contributed by atoms with Crippen LogP contribution in [0.1, 0.15) is 49.1 Å². The van der Waals surface area contributed by atoms with Gasteiger partial charge in [0.1, 0.15) is 5.69 Å². The maximum Gasteiger partial charge on any atom is 0.294 e. The van der Waals surface area contributed by atoms with Crippen molar-refractivity contribution in [3.8, 4) is 11.3 Å². The van der Waals surface area contributed by atoms with E-state index in [-0.39, 0.29) is 5.69 Å². The van der Waals surface area contributed by atoms with Crippen LogP contribution in [0.2, 0.25) is 0 Å². The van der Waals surface area contributed by atoms with Gasteiger partial charge in [-0.15, -0.1) is 11.3 Å². The molecule has 8 heteroatoms. The molecule has 0 saturated heterocycles. The zero-order valence-corrected chi connectivity index (χ0v) is 20.0. The van der Waals surface area contributed by atoms with Crippen molar-refractivity contribution in [3.63, 3.8) is 0 Å². The highest BCUT2D eigenvalue weighted by Gasteiger charge is 2.17. The summed E-state index contributed by atoms with van der Waals surface area (Å²) in [7, 11) is 0. The van der Waals surface area contributed by atoms with Gasteiger partial charge in [-0.25, -0.2) is 9.67 Å². The zero-order valence-electron chi connectivity index (χ0n) is 19.2. The zero-order chi connectivity index (χ0) is 24.0. The molecule has 7 nitrogen and oxygen atoms in total. The molecule has 1 fully saturated rings. The first-order valence-electron chi connectivity index (χ1n) is 11.7. The maximum absolute atomic E-state index is 11.5. The van der Waals surface area contributed by atoms with Gasteiger partial charge in [0.05, 0.1) is 16.8 Å². The molecule has 35 heavy (non-hydrogen) atoms. The number of aromatic nitrogens is 2. The first-order valence-corrected chi connectivity index (χ1v) is 12.6. The van der Waals surface area contributed by atoms with Gasteiger partial charge < -0.3 is 0 Å². The van der Waals surface area contributed by atoms with Crippen LogP contribution in [0.4, 0.5) is 11.4 Å². The first-order chi connectivity index (χ1) is 17.2. The average molecular weight is 484 g/mol. The molecule has 1 aliphatic carbocycles. The van der Waals surface area contributed by atoms with E-state index in [1.807, 2.05) is 17.5 Å². The normalized spacial score (nSPS) is 15.0. The van der Waals surface area contributed by atoms with Crippen LogP contribution < -0.4 is 4.80 Å². The highest BCUT2D eigenvalue weighted by Crippen LogP contribution is 2.34. The summed E-state index contributed by atoms with van der Waals surface area (Å²) >= 11 is 1.40. The molecule has 4 aromatic rings. The lowest BCUT2D eigenvalue weighted by Crippen LogP contribution is -2.12. The van der Waals surface area contributed by atoms with Gasteiger partial charge in [0.15, 0.2) is 0 Å². The van der Waals surface area contributed by atoms with E-state index in [0.29, 0.717) is 16.4 Å². The molecule has 0 spiro atoms. The molecule has 2 heterocycles. The second-order valence-electron chi connectivity index (χ2n) is 8.56. The molecule has 2 aromatic carbocycles. The van der Waals surface area contributed by atoms with Crippen molar-refractivity contribution in [2.24, 2.45) is 10.1 Å². The predicted molar refractivity (Wildman–Crippen MR) is 139 cm³/mol. The summed E-state index contributed by atoms with van der Waals surface area (Å²) < 4.78 is 1.74.